The maximum Gasteiger partial charge on any atom is 0.511 e. The van der Waals surface area contributed by atoms with Crippen molar-refractivity contribution in [1.29, 1.82) is 0 Å². The topological polar surface area (TPSA) is 136 Å². The predicted octanol–water partition coefficient (Wildman–Crippen LogP) is 1.78. The molecule has 0 heterocycles. The van der Waals surface area contributed by atoms with Crippen LogP contribution >= 0.6 is 0 Å². The molecule has 1 aromatic rings. The molecule has 1 aromatic carbocycles. The lowest BCUT2D eigenvalue weighted by Gasteiger charge is -2.27. The fourth-order valence-electron chi connectivity index (χ4n) is 1.85. The van der Waals surface area contributed by atoms with Crippen molar-refractivity contribution in [3.05, 3.63) is 39.9 Å². The van der Waals surface area contributed by atoms with Crippen LogP contribution < -0.4 is 4.72 Å². The maximum atomic E-state index is 12.7. The maximum absolute atomic E-state index is 12.7. The molecule has 0 saturated heterocycles. The third-order valence-electron chi connectivity index (χ3n) is 3.01. The first-order valence-corrected chi connectivity index (χ1v) is 8.77. The van der Waals surface area contributed by atoms with Gasteiger partial charge in [-0.15, -0.1) is 0 Å². The molecule has 0 fully saturated rings. The molecule has 13 heteroatoms. The van der Waals surface area contributed by atoms with E-state index in [-0.39, 0.29) is 5.56 Å². The number of non-ortho nitro benzene ring substituents is 1. The van der Waals surface area contributed by atoms with Crippen LogP contribution in [0.25, 0.3) is 0 Å². The average Bonchev–Trinajstić information content (AvgIpc) is 2.49. The number of nitro benzene ring substituents is 1. The molecule has 0 aliphatic carbocycles. The Balaban J connectivity index is 3.31. The molecule has 0 bridgehead atoms. The van der Waals surface area contributed by atoms with E-state index >= 15 is 0 Å². The van der Waals surface area contributed by atoms with E-state index in [2.05, 4.69) is 0 Å². The zero-order valence-electron chi connectivity index (χ0n) is 14.4. The van der Waals surface area contributed by atoms with E-state index in [9.17, 15) is 41.6 Å². The Kier molecular flexibility index (Phi) is 6.57. The van der Waals surface area contributed by atoms with Crippen LogP contribution in [-0.2, 0) is 19.6 Å². The number of alkyl halides is 3. The van der Waals surface area contributed by atoms with Crippen molar-refractivity contribution in [2.45, 2.75) is 44.0 Å². The Hall–Kier alpha value is -2.25. The van der Waals surface area contributed by atoms with Crippen molar-refractivity contribution in [2.24, 2.45) is 0 Å². The number of carbonyl (C=O) groups is 1. The van der Waals surface area contributed by atoms with Gasteiger partial charge in [-0.25, -0.2) is 13.2 Å². The number of rotatable bonds is 6. The summed E-state index contributed by atoms with van der Waals surface area (Å²) in [5, 5.41) is 20.8. The lowest BCUT2D eigenvalue weighted by atomic mass is 10.0. The van der Waals surface area contributed by atoms with Gasteiger partial charge in [-0.2, -0.15) is 17.9 Å². The van der Waals surface area contributed by atoms with Gasteiger partial charge in [-0.1, -0.05) is 12.1 Å². The van der Waals surface area contributed by atoms with Crippen LogP contribution in [0.4, 0.5) is 18.9 Å². The standard InChI is InChI=1S/C14H17F3N2O7S/c1-13(2,3)26-12(21)11(20)10(18-27(24,25)14(15,16)17)8-4-6-9(7-5-8)19(22)23/h4-7,10-11,18,20H,1-3H3/t10-,11-/m0/s1. The van der Waals surface area contributed by atoms with Crippen molar-refractivity contribution in [1.82, 2.24) is 4.72 Å². The van der Waals surface area contributed by atoms with Crippen LogP contribution in [-0.4, -0.2) is 41.6 Å². The molecule has 0 amide bonds. The Bertz CT molecular complexity index is 801. The van der Waals surface area contributed by atoms with Crippen LogP contribution in [0.2, 0.25) is 0 Å². The van der Waals surface area contributed by atoms with Gasteiger partial charge in [0.05, 0.1) is 11.0 Å². The Labute approximate surface area is 152 Å². The number of ether oxygens (including phenoxy) is 1. The van der Waals surface area contributed by atoms with Crippen LogP contribution in [0, 0.1) is 10.1 Å². The van der Waals surface area contributed by atoms with E-state index in [0.29, 0.717) is 0 Å². The minimum atomic E-state index is -5.95. The van der Waals surface area contributed by atoms with Crippen LogP contribution in [0.15, 0.2) is 24.3 Å². The van der Waals surface area contributed by atoms with Gasteiger partial charge >= 0.3 is 21.5 Å². The Morgan fingerprint density at radius 3 is 2.07 bits per heavy atom. The minimum absolute atomic E-state index is 0.313. The average molecular weight is 414 g/mol. The highest BCUT2D eigenvalue weighted by Crippen LogP contribution is 2.28. The monoisotopic (exact) mass is 414 g/mol. The van der Waals surface area contributed by atoms with Crippen molar-refractivity contribution in [2.75, 3.05) is 0 Å². The highest BCUT2D eigenvalue weighted by Gasteiger charge is 2.48. The lowest BCUT2D eigenvalue weighted by molar-refractivity contribution is -0.384. The van der Waals surface area contributed by atoms with Gasteiger partial charge in [0.2, 0.25) is 0 Å². The summed E-state index contributed by atoms with van der Waals surface area (Å²) < 4.78 is 66.9. The van der Waals surface area contributed by atoms with E-state index in [1.165, 1.54) is 25.5 Å². The second kappa shape index (κ2) is 7.78. The highest BCUT2D eigenvalue weighted by atomic mass is 32.2. The number of esters is 1. The lowest BCUT2D eigenvalue weighted by Crippen LogP contribution is -2.46. The molecule has 1 rings (SSSR count). The number of aliphatic hydroxyl groups excluding tert-OH is 1. The normalized spacial score (nSPS) is 15.1. The van der Waals surface area contributed by atoms with Gasteiger partial charge in [0, 0.05) is 12.1 Å². The quantitative estimate of drug-likeness (QED) is 0.411. The van der Waals surface area contributed by atoms with Crippen molar-refractivity contribution >= 4 is 21.7 Å². The summed E-state index contributed by atoms with van der Waals surface area (Å²) in [5.41, 5.74) is -7.56. The van der Waals surface area contributed by atoms with Crippen molar-refractivity contribution in [3.8, 4) is 0 Å². The molecule has 152 valence electrons. The van der Waals surface area contributed by atoms with Gasteiger partial charge < -0.3 is 9.84 Å². The van der Waals surface area contributed by atoms with E-state index < -0.39 is 49.9 Å². The molecule has 9 nitrogen and oxygen atoms in total. The number of halogens is 3. The molecule has 2 atom stereocenters. The summed E-state index contributed by atoms with van der Waals surface area (Å²) in [5.74, 6) is -1.38. The number of hydrogen-bond acceptors (Lipinski definition) is 7. The first-order chi connectivity index (χ1) is 12.0. The zero-order chi connectivity index (χ0) is 21.2. The molecule has 0 radical (unpaired) electrons. The van der Waals surface area contributed by atoms with Gasteiger partial charge in [-0.3, -0.25) is 10.1 Å². The van der Waals surface area contributed by atoms with Crippen molar-refractivity contribution < 1.29 is 41.2 Å². The van der Waals surface area contributed by atoms with Crippen LogP contribution in [0.1, 0.15) is 32.4 Å². The van der Waals surface area contributed by atoms with E-state index in [0.717, 1.165) is 24.3 Å². The molecule has 0 aliphatic rings. The number of aliphatic hydroxyl groups is 1. The van der Waals surface area contributed by atoms with Gasteiger partial charge in [-0.05, 0) is 26.3 Å². The van der Waals surface area contributed by atoms with Gasteiger partial charge in [0.1, 0.15) is 5.60 Å². The largest absolute Gasteiger partial charge is 0.511 e. The summed E-state index contributed by atoms with van der Waals surface area (Å²) in [6.45, 7) is 4.29. The SMILES string of the molecule is CC(C)(C)OC(=O)[C@@H](O)[C@@H](NS(=O)(=O)C(F)(F)F)c1ccc([N+](=O)[O-])cc1. The van der Waals surface area contributed by atoms with Crippen LogP contribution in [0.5, 0.6) is 0 Å². The first kappa shape index (κ1) is 22.8. The third kappa shape index (κ3) is 6.15. The highest BCUT2D eigenvalue weighted by molar-refractivity contribution is 7.90. The van der Waals surface area contributed by atoms with Crippen LogP contribution in [0.3, 0.4) is 0 Å². The summed E-state index contributed by atoms with van der Waals surface area (Å²) in [6.07, 6.45) is -2.34. The molecule has 27 heavy (non-hydrogen) atoms. The molecule has 0 saturated carbocycles. The molecule has 0 spiro atoms. The fraction of sp³-hybridized carbons (Fsp3) is 0.500. The van der Waals surface area contributed by atoms with E-state index in [1.54, 1.807) is 0 Å². The molecule has 0 aromatic heterocycles. The number of nitro groups is 1. The van der Waals surface area contributed by atoms with Crippen molar-refractivity contribution in [3.63, 3.8) is 0 Å². The second-order valence-corrected chi connectivity index (χ2v) is 8.08. The number of benzene rings is 1. The van der Waals surface area contributed by atoms with E-state index in [4.69, 9.17) is 4.74 Å². The summed E-state index contributed by atoms with van der Waals surface area (Å²) in [4.78, 5) is 21.9. The number of nitrogens with zero attached hydrogens (tertiary/aromatic N) is 1. The summed E-state index contributed by atoms with van der Waals surface area (Å²) in [7, 11) is -5.95. The second-order valence-electron chi connectivity index (χ2n) is 6.37. The molecule has 2 N–H and O–H groups in total. The predicted molar refractivity (Wildman–Crippen MR) is 85.8 cm³/mol. The number of hydrogen-bond donors (Lipinski definition) is 2. The fourth-order valence-corrected chi connectivity index (χ4v) is 2.58. The summed E-state index contributed by atoms with van der Waals surface area (Å²) >= 11 is 0. The Morgan fingerprint density at radius 2 is 1.70 bits per heavy atom. The first-order valence-electron chi connectivity index (χ1n) is 7.29. The number of nitrogens with one attached hydrogen (secondary N) is 1. The molecular weight excluding hydrogens is 397 g/mol. The number of sulfonamides is 1. The third-order valence-corrected chi connectivity index (χ3v) is 4.19. The molecule has 0 aliphatic heterocycles. The number of carbonyl (C=O) groups excluding carboxylic acids is 1. The molecule has 0 unspecified atom stereocenters. The molecular formula is C14H17F3N2O7S. The minimum Gasteiger partial charge on any atom is -0.458 e. The summed E-state index contributed by atoms with van der Waals surface area (Å²) in [6, 6.07) is 1.50. The van der Waals surface area contributed by atoms with Gasteiger partial charge in [0.15, 0.2) is 6.10 Å². The smallest absolute Gasteiger partial charge is 0.458 e. The van der Waals surface area contributed by atoms with E-state index in [1.807, 2.05) is 0 Å². The van der Waals surface area contributed by atoms with Gasteiger partial charge in [0.25, 0.3) is 5.69 Å². The Morgan fingerprint density at radius 1 is 1.22 bits per heavy atom. The zero-order valence-corrected chi connectivity index (χ0v) is 15.2.